The Morgan fingerprint density at radius 3 is 2.19 bits per heavy atom. The third kappa shape index (κ3) is 4.22. The second kappa shape index (κ2) is 8.85. The van der Waals surface area contributed by atoms with Crippen molar-refractivity contribution in [3.05, 3.63) is 94.4 Å². The Hall–Kier alpha value is -3.64. The van der Waals surface area contributed by atoms with E-state index in [2.05, 4.69) is 5.32 Å². The number of aryl methyl sites for hydroxylation is 2. The van der Waals surface area contributed by atoms with Gasteiger partial charge < -0.3 is 5.32 Å². The van der Waals surface area contributed by atoms with Gasteiger partial charge in [0.2, 0.25) is 5.91 Å². The van der Waals surface area contributed by atoms with E-state index in [1.165, 1.54) is 23.6 Å². The minimum Gasteiger partial charge on any atom is -0.326 e. The van der Waals surface area contributed by atoms with Crippen molar-refractivity contribution < 1.29 is 14.4 Å². The van der Waals surface area contributed by atoms with Crippen LogP contribution in [0.3, 0.4) is 0 Å². The molecule has 0 unspecified atom stereocenters. The molecule has 0 bridgehead atoms. The van der Waals surface area contributed by atoms with Crippen LogP contribution in [0.25, 0.3) is 5.57 Å². The number of hydrogen-bond donors (Lipinski definition) is 1. The van der Waals surface area contributed by atoms with Crippen LogP contribution in [0, 0.1) is 13.8 Å². The average Bonchev–Trinajstić information content (AvgIpc) is 2.99. The van der Waals surface area contributed by atoms with Crippen molar-refractivity contribution in [2.75, 3.05) is 10.2 Å². The maximum absolute atomic E-state index is 13.6. The molecule has 1 N–H and O–H groups in total. The van der Waals surface area contributed by atoms with Crippen molar-refractivity contribution in [2.45, 2.75) is 25.7 Å². The van der Waals surface area contributed by atoms with Crippen molar-refractivity contribution in [1.82, 2.24) is 0 Å². The summed E-state index contributed by atoms with van der Waals surface area (Å²) in [6.45, 7) is 5.37. The summed E-state index contributed by atoms with van der Waals surface area (Å²) in [5.41, 5.74) is 4.25. The highest BCUT2D eigenvalue weighted by Crippen LogP contribution is 2.42. The van der Waals surface area contributed by atoms with Crippen LogP contribution in [-0.4, -0.2) is 17.7 Å². The molecule has 0 atom stereocenters. The number of amides is 3. The number of carbonyl (C=O) groups is 3. The van der Waals surface area contributed by atoms with Crippen molar-refractivity contribution in [3.8, 4) is 0 Å². The van der Waals surface area contributed by atoms with E-state index in [-0.39, 0.29) is 17.7 Å². The maximum atomic E-state index is 13.6. The molecule has 6 heteroatoms. The van der Waals surface area contributed by atoms with Gasteiger partial charge >= 0.3 is 0 Å². The molecule has 160 valence electrons. The largest absolute Gasteiger partial charge is 0.326 e. The predicted molar refractivity (Wildman–Crippen MR) is 128 cm³/mol. The van der Waals surface area contributed by atoms with E-state index in [1.54, 1.807) is 24.3 Å². The van der Waals surface area contributed by atoms with Gasteiger partial charge in [0.15, 0.2) is 0 Å². The average molecular weight is 443 g/mol. The number of nitrogens with one attached hydrogen (secondary N) is 1. The minimum absolute atomic E-state index is 0.188. The molecule has 0 saturated carbocycles. The van der Waals surface area contributed by atoms with Gasteiger partial charge in [-0.1, -0.05) is 53.7 Å². The minimum atomic E-state index is -0.355. The Labute approximate surface area is 191 Å². The fraction of sp³-hybridized carbons (Fsp3) is 0.115. The van der Waals surface area contributed by atoms with Gasteiger partial charge in [-0.05, 0) is 61.4 Å². The number of thioether (sulfide) groups is 1. The summed E-state index contributed by atoms with van der Waals surface area (Å²) in [6.07, 6.45) is 0. The van der Waals surface area contributed by atoms with Crippen LogP contribution in [-0.2, 0) is 14.4 Å². The molecule has 3 aromatic rings. The molecule has 1 aliphatic heterocycles. The van der Waals surface area contributed by atoms with Gasteiger partial charge in [0.1, 0.15) is 0 Å². The molecule has 4 rings (SSSR count). The lowest BCUT2D eigenvalue weighted by Crippen LogP contribution is -2.31. The fourth-order valence-electron chi connectivity index (χ4n) is 3.67. The zero-order valence-corrected chi connectivity index (χ0v) is 18.8. The zero-order valence-electron chi connectivity index (χ0n) is 18.0. The second-order valence-electron chi connectivity index (χ2n) is 7.61. The molecule has 0 spiro atoms. The second-order valence-corrected chi connectivity index (χ2v) is 8.70. The SMILES string of the molecule is CC(=O)Nc1ccc(N2C(=O)C(Sc3ccccc3)=C(c3ccc(C)cc3C)C2=O)cc1. The Balaban J connectivity index is 1.78. The number of benzene rings is 3. The predicted octanol–water partition coefficient (Wildman–Crippen LogP) is 5.34. The molecular formula is C26H22N2O3S. The Morgan fingerprint density at radius 1 is 0.875 bits per heavy atom. The third-order valence-corrected chi connectivity index (χ3v) is 6.19. The van der Waals surface area contributed by atoms with E-state index in [9.17, 15) is 14.4 Å². The van der Waals surface area contributed by atoms with Crippen molar-refractivity contribution in [2.24, 2.45) is 0 Å². The summed E-state index contributed by atoms with van der Waals surface area (Å²) < 4.78 is 0. The number of anilines is 2. The molecule has 0 radical (unpaired) electrons. The van der Waals surface area contributed by atoms with Gasteiger partial charge in [0, 0.05) is 17.5 Å². The number of carbonyl (C=O) groups excluding carboxylic acids is 3. The smallest absolute Gasteiger partial charge is 0.272 e. The lowest BCUT2D eigenvalue weighted by Gasteiger charge is -2.16. The lowest BCUT2D eigenvalue weighted by molar-refractivity contribution is -0.120. The van der Waals surface area contributed by atoms with Crippen molar-refractivity contribution in [1.29, 1.82) is 0 Å². The van der Waals surface area contributed by atoms with Crippen LogP contribution >= 0.6 is 11.8 Å². The van der Waals surface area contributed by atoms with Crippen LogP contribution in [0.1, 0.15) is 23.6 Å². The van der Waals surface area contributed by atoms with E-state index < -0.39 is 0 Å². The molecule has 0 aliphatic carbocycles. The summed E-state index contributed by atoms with van der Waals surface area (Å²) in [5.74, 6) is -0.898. The molecule has 0 saturated heterocycles. The highest BCUT2D eigenvalue weighted by Gasteiger charge is 2.40. The van der Waals surface area contributed by atoms with Gasteiger partial charge in [0.25, 0.3) is 11.8 Å². The van der Waals surface area contributed by atoms with Gasteiger partial charge in [-0.25, -0.2) is 4.90 Å². The molecule has 1 aliphatic rings. The quantitative estimate of drug-likeness (QED) is 0.542. The first-order valence-corrected chi connectivity index (χ1v) is 11.0. The topological polar surface area (TPSA) is 66.5 Å². The number of imide groups is 1. The van der Waals surface area contributed by atoms with Gasteiger partial charge in [-0.2, -0.15) is 0 Å². The molecule has 0 fully saturated rings. The van der Waals surface area contributed by atoms with Crippen LogP contribution in [0.15, 0.2) is 82.6 Å². The Morgan fingerprint density at radius 2 is 1.56 bits per heavy atom. The first-order chi connectivity index (χ1) is 15.3. The van der Waals surface area contributed by atoms with E-state index in [0.29, 0.717) is 21.9 Å². The first kappa shape index (κ1) is 21.6. The monoisotopic (exact) mass is 442 g/mol. The van der Waals surface area contributed by atoms with Crippen LogP contribution in [0.2, 0.25) is 0 Å². The first-order valence-electron chi connectivity index (χ1n) is 10.2. The zero-order chi connectivity index (χ0) is 22.8. The summed E-state index contributed by atoms with van der Waals surface area (Å²) in [7, 11) is 0. The van der Waals surface area contributed by atoms with E-state index in [1.807, 2.05) is 62.4 Å². The van der Waals surface area contributed by atoms with E-state index in [4.69, 9.17) is 0 Å². The summed E-state index contributed by atoms with van der Waals surface area (Å²) in [5, 5.41) is 2.69. The standard InChI is InChI=1S/C26H22N2O3S/c1-16-9-14-22(17(2)15-16)23-24(32-21-7-5-4-6-8-21)26(31)28(25(23)30)20-12-10-19(11-13-20)27-18(3)29/h4-15H,1-3H3,(H,27,29). The van der Waals surface area contributed by atoms with Crippen LogP contribution < -0.4 is 10.2 Å². The van der Waals surface area contributed by atoms with Crippen LogP contribution in [0.5, 0.6) is 0 Å². The van der Waals surface area contributed by atoms with Gasteiger partial charge in [0.05, 0.1) is 16.2 Å². The lowest BCUT2D eigenvalue weighted by atomic mass is 9.99. The number of rotatable bonds is 5. The molecule has 5 nitrogen and oxygen atoms in total. The van der Waals surface area contributed by atoms with E-state index >= 15 is 0 Å². The van der Waals surface area contributed by atoms with E-state index in [0.717, 1.165) is 21.6 Å². The highest BCUT2D eigenvalue weighted by molar-refractivity contribution is 8.04. The molecule has 3 amide bonds. The number of hydrogen-bond acceptors (Lipinski definition) is 4. The summed E-state index contributed by atoms with van der Waals surface area (Å²) >= 11 is 1.30. The summed E-state index contributed by atoms with van der Waals surface area (Å²) in [6, 6.07) is 22.1. The Kier molecular flexibility index (Phi) is 5.97. The summed E-state index contributed by atoms with van der Waals surface area (Å²) in [4.78, 5) is 40.9. The van der Waals surface area contributed by atoms with Crippen molar-refractivity contribution >= 4 is 46.4 Å². The Bertz CT molecular complexity index is 1250. The molecular weight excluding hydrogens is 420 g/mol. The molecule has 32 heavy (non-hydrogen) atoms. The molecule has 1 heterocycles. The van der Waals surface area contributed by atoms with Crippen molar-refractivity contribution in [3.63, 3.8) is 0 Å². The number of nitrogens with zero attached hydrogens (tertiary/aromatic N) is 1. The maximum Gasteiger partial charge on any atom is 0.272 e. The van der Waals surface area contributed by atoms with Gasteiger partial charge in [-0.15, -0.1) is 0 Å². The van der Waals surface area contributed by atoms with Gasteiger partial charge in [-0.3, -0.25) is 14.4 Å². The molecule has 3 aromatic carbocycles. The molecule has 0 aromatic heterocycles. The third-order valence-electron chi connectivity index (χ3n) is 5.10. The fourth-order valence-corrected chi connectivity index (χ4v) is 4.68. The normalized spacial score (nSPS) is 13.7. The van der Waals surface area contributed by atoms with Crippen LogP contribution in [0.4, 0.5) is 11.4 Å². The highest BCUT2D eigenvalue weighted by atomic mass is 32.2.